The summed E-state index contributed by atoms with van der Waals surface area (Å²) in [6.45, 7) is 4.65. The number of carbonyl (C=O) groups excluding carboxylic acids is 2. The standard InChI is InChI=1S/C20H22ClN3O4/c1-12(2)23-20(26)13-5-3-4-6-15(13)22-11-19(25)24-16-10-18-17(9-14(16)21)27-7-8-28-18/h3-6,9-10,12,22H,7-8,11H2,1-2H3,(H,23,26)(H,24,25). The second-order valence-electron chi connectivity index (χ2n) is 6.55. The number of ether oxygens (including phenoxy) is 2. The van der Waals surface area contributed by atoms with Crippen molar-refractivity contribution >= 4 is 34.8 Å². The van der Waals surface area contributed by atoms with Crippen LogP contribution in [0.2, 0.25) is 5.02 Å². The Morgan fingerprint density at radius 2 is 1.75 bits per heavy atom. The van der Waals surface area contributed by atoms with E-state index in [1.807, 2.05) is 13.8 Å². The van der Waals surface area contributed by atoms with Gasteiger partial charge >= 0.3 is 0 Å². The van der Waals surface area contributed by atoms with Gasteiger partial charge in [-0.3, -0.25) is 9.59 Å². The second-order valence-corrected chi connectivity index (χ2v) is 6.96. The Balaban J connectivity index is 1.65. The second kappa shape index (κ2) is 8.84. The molecule has 3 N–H and O–H groups in total. The summed E-state index contributed by atoms with van der Waals surface area (Å²) in [6.07, 6.45) is 0. The van der Waals surface area contributed by atoms with E-state index in [-0.39, 0.29) is 24.4 Å². The van der Waals surface area contributed by atoms with Gasteiger partial charge in [-0.15, -0.1) is 0 Å². The molecule has 1 aliphatic rings. The van der Waals surface area contributed by atoms with Crippen molar-refractivity contribution in [3.8, 4) is 11.5 Å². The van der Waals surface area contributed by atoms with Crippen molar-refractivity contribution in [2.75, 3.05) is 30.4 Å². The van der Waals surface area contributed by atoms with E-state index in [2.05, 4.69) is 16.0 Å². The summed E-state index contributed by atoms with van der Waals surface area (Å²) < 4.78 is 11.0. The monoisotopic (exact) mass is 403 g/mol. The first-order chi connectivity index (χ1) is 13.4. The van der Waals surface area contributed by atoms with Crippen LogP contribution >= 0.6 is 11.6 Å². The minimum Gasteiger partial charge on any atom is -0.486 e. The summed E-state index contributed by atoms with van der Waals surface area (Å²) in [4.78, 5) is 24.7. The summed E-state index contributed by atoms with van der Waals surface area (Å²) in [5.41, 5.74) is 1.48. The van der Waals surface area contributed by atoms with Crippen LogP contribution in [0.25, 0.3) is 0 Å². The molecule has 0 aromatic heterocycles. The summed E-state index contributed by atoms with van der Waals surface area (Å²) in [7, 11) is 0. The third kappa shape index (κ3) is 4.86. The SMILES string of the molecule is CC(C)NC(=O)c1ccccc1NCC(=O)Nc1cc2c(cc1Cl)OCCO2. The van der Waals surface area contributed by atoms with Gasteiger partial charge in [-0.1, -0.05) is 23.7 Å². The zero-order valence-electron chi connectivity index (χ0n) is 15.7. The van der Waals surface area contributed by atoms with Gasteiger partial charge in [0.25, 0.3) is 5.91 Å². The van der Waals surface area contributed by atoms with Crippen molar-refractivity contribution in [1.82, 2.24) is 5.32 Å². The number of amides is 2. The van der Waals surface area contributed by atoms with Crippen LogP contribution in [0.5, 0.6) is 11.5 Å². The molecule has 148 valence electrons. The van der Waals surface area contributed by atoms with Gasteiger partial charge in [0.05, 0.1) is 22.8 Å². The molecule has 0 atom stereocenters. The minimum atomic E-state index is -0.308. The Bertz CT molecular complexity index is 886. The lowest BCUT2D eigenvalue weighted by Gasteiger charge is -2.20. The van der Waals surface area contributed by atoms with Gasteiger partial charge in [-0.25, -0.2) is 0 Å². The molecule has 1 heterocycles. The van der Waals surface area contributed by atoms with Crippen molar-refractivity contribution < 1.29 is 19.1 Å². The molecule has 28 heavy (non-hydrogen) atoms. The highest BCUT2D eigenvalue weighted by Crippen LogP contribution is 2.37. The quantitative estimate of drug-likeness (QED) is 0.688. The Morgan fingerprint density at radius 3 is 2.46 bits per heavy atom. The first-order valence-electron chi connectivity index (χ1n) is 8.97. The zero-order chi connectivity index (χ0) is 20.1. The van der Waals surface area contributed by atoms with Crippen LogP contribution in [-0.2, 0) is 4.79 Å². The number of fused-ring (bicyclic) bond motifs is 1. The van der Waals surface area contributed by atoms with Crippen LogP contribution in [0, 0.1) is 0 Å². The smallest absolute Gasteiger partial charge is 0.253 e. The molecular formula is C20H22ClN3O4. The molecule has 0 bridgehead atoms. The molecule has 2 amide bonds. The molecule has 0 saturated heterocycles. The Morgan fingerprint density at radius 1 is 1.07 bits per heavy atom. The van der Waals surface area contributed by atoms with Gasteiger partial charge in [0.2, 0.25) is 5.91 Å². The number of benzene rings is 2. The molecule has 0 saturated carbocycles. The van der Waals surface area contributed by atoms with Crippen molar-refractivity contribution in [3.63, 3.8) is 0 Å². The number of halogens is 1. The average molecular weight is 404 g/mol. The predicted molar refractivity (Wildman–Crippen MR) is 109 cm³/mol. The van der Waals surface area contributed by atoms with Crippen molar-refractivity contribution in [1.29, 1.82) is 0 Å². The van der Waals surface area contributed by atoms with E-state index in [9.17, 15) is 9.59 Å². The highest BCUT2D eigenvalue weighted by atomic mass is 35.5. The lowest BCUT2D eigenvalue weighted by molar-refractivity contribution is -0.114. The third-order valence-corrected chi connectivity index (χ3v) is 4.25. The number of para-hydroxylation sites is 1. The molecule has 2 aromatic rings. The molecule has 8 heteroatoms. The highest BCUT2D eigenvalue weighted by Gasteiger charge is 2.17. The predicted octanol–water partition coefficient (Wildman–Crippen LogP) is 3.30. The fourth-order valence-corrected chi connectivity index (χ4v) is 2.91. The fraction of sp³-hybridized carbons (Fsp3) is 0.300. The zero-order valence-corrected chi connectivity index (χ0v) is 16.4. The molecule has 3 rings (SSSR count). The lowest BCUT2D eigenvalue weighted by atomic mass is 10.1. The number of hydrogen-bond donors (Lipinski definition) is 3. The molecule has 2 aromatic carbocycles. The van der Waals surface area contributed by atoms with Crippen molar-refractivity contribution in [2.45, 2.75) is 19.9 Å². The Hall–Kier alpha value is -2.93. The molecule has 7 nitrogen and oxygen atoms in total. The maximum atomic E-state index is 12.4. The van der Waals surface area contributed by atoms with E-state index in [0.717, 1.165) is 0 Å². The summed E-state index contributed by atoms with van der Waals surface area (Å²) in [5.74, 6) is 0.582. The van der Waals surface area contributed by atoms with E-state index in [1.165, 1.54) is 0 Å². The average Bonchev–Trinajstić information content (AvgIpc) is 2.66. The molecule has 0 aliphatic carbocycles. The Labute approximate surface area is 168 Å². The summed E-state index contributed by atoms with van der Waals surface area (Å²) >= 11 is 6.21. The third-order valence-electron chi connectivity index (χ3n) is 3.94. The molecule has 0 spiro atoms. The summed E-state index contributed by atoms with van der Waals surface area (Å²) in [6, 6.07) is 10.3. The first-order valence-corrected chi connectivity index (χ1v) is 9.34. The fourth-order valence-electron chi connectivity index (χ4n) is 2.70. The van der Waals surface area contributed by atoms with E-state index in [0.29, 0.717) is 46.7 Å². The van der Waals surface area contributed by atoms with Gasteiger partial charge in [0.1, 0.15) is 13.2 Å². The molecule has 0 unspecified atom stereocenters. The van der Waals surface area contributed by atoms with Crippen LogP contribution in [0.1, 0.15) is 24.2 Å². The van der Waals surface area contributed by atoms with E-state index in [4.69, 9.17) is 21.1 Å². The normalized spacial score (nSPS) is 12.4. The van der Waals surface area contributed by atoms with Crippen LogP contribution in [0.3, 0.4) is 0 Å². The van der Waals surface area contributed by atoms with Crippen LogP contribution in [0.4, 0.5) is 11.4 Å². The maximum absolute atomic E-state index is 12.4. The largest absolute Gasteiger partial charge is 0.486 e. The van der Waals surface area contributed by atoms with Crippen LogP contribution < -0.4 is 25.4 Å². The molecule has 0 fully saturated rings. The van der Waals surface area contributed by atoms with Gasteiger partial charge in [-0.2, -0.15) is 0 Å². The van der Waals surface area contributed by atoms with E-state index < -0.39 is 0 Å². The number of anilines is 2. The summed E-state index contributed by atoms with van der Waals surface area (Å²) in [5, 5.41) is 8.94. The van der Waals surface area contributed by atoms with E-state index in [1.54, 1.807) is 36.4 Å². The number of carbonyl (C=O) groups is 2. The highest BCUT2D eigenvalue weighted by molar-refractivity contribution is 6.34. The first kappa shape index (κ1) is 19.8. The van der Waals surface area contributed by atoms with Gasteiger partial charge in [-0.05, 0) is 26.0 Å². The molecular weight excluding hydrogens is 382 g/mol. The Kier molecular flexibility index (Phi) is 6.26. The number of nitrogens with one attached hydrogen (secondary N) is 3. The van der Waals surface area contributed by atoms with Gasteiger partial charge in [0.15, 0.2) is 11.5 Å². The molecule has 0 radical (unpaired) electrons. The van der Waals surface area contributed by atoms with Crippen LogP contribution in [-0.4, -0.2) is 37.6 Å². The number of hydrogen-bond acceptors (Lipinski definition) is 5. The molecule has 1 aliphatic heterocycles. The van der Waals surface area contributed by atoms with Gasteiger partial charge in [0, 0.05) is 23.9 Å². The lowest BCUT2D eigenvalue weighted by Crippen LogP contribution is -2.31. The van der Waals surface area contributed by atoms with Gasteiger partial charge < -0.3 is 25.4 Å². The van der Waals surface area contributed by atoms with E-state index >= 15 is 0 Å². The van der Waals surface area contributed by atoms with Crippen molar-refractivity contribution in [2.24, 2.45) is 0 Å². The van der Waals surface area contributed by atoms with Crippen molar-refractivity contribution in [3.05, 3.63) is 47.0 Å². The number of rotatable bonds is 6. The van der Waals surface area contributed by atoms with Crippen LogP contribution in [0.15, 0.2) is 36.4 Å². The maximum Gasteiger partial charge on any atom is 0.253 e. The topological polar surface area (TPSA) is 88.7 Å². The minimum absolute atomic E-state index is 0.0150.